The predicted molar refractivity (Wildman–Crippen MR) is 74.1 cm³/mol. The van der Waals surface area contributed by atoms with Crippen LogP contribution in [0.3, 0.4) is 0 Å². The number of hydrogen-bond donors (Lipinski definition) is 0. The third-order valence-electron chi connectivity index (χ3n) is 2.30. The van der Waals surface area contributed by atoms with Crippen molar-refractivity contribution in [3.05, 3.63) is 41.7 Å². The van der Waals surface area contributed by atoms with Crippen molar-refractivity contribution in [1.82, 2.24) is 0 Å². The largest absolute Gasteiger partial charge is 0.493 e. The van der Waals surface area contributed by atoms with Crippen molar-refractivity contribution in [3.63, 3.8) is 0 Å². The van der Waals surface area contributed by atoms with Crippen molar-refractivity contribution in [2.75, 3.05) is 20.8 Å². The van der Waals surface area contributed by atoms with Gasteiger partial charge in [-0.2, -0.15) is 0 Å². The molecule has 0 bridgehead atoms. The van der Waals surface area contributed by atoms with Crippen LogP contribution in [0.2, 0.25) is 0 Å². The second-order valence-electron chi connectivity index (χ2n) is 3.90. The Kier molecular flexibility index (Phi) is 5.46. The van der Waals surface area contributed by atoms with E-state index in [1.54, 1.807) is 14.2 Å². The lowest BCUT2D eigenvalue weighted by Gasteiger charge is -2.16. The van der Waals surface area contributed by atoms with E-state index in [1.807, 2.05) is 32.1 Å². The molecule has 0 atom stereocenters. The van der Waals surface area contributed by atoms with Gasteiger partial charge in [0.25, 0.3) is 0 Å². The van der Waals surface area contributed by atoms with Crippen LogP contribution in [0, 0.1) is 6.92 Å². The lowest BCUT2D eigenvalue weighted by molar-refractivity contribution is 0.277. The molecule has 0 N–H and O–H groups in total. The van der Waals surface area contributed by atoms with Crippen LogP contribution in [0.4, 0.5) is 0 Å². The fraction of sp³-hybridized carbons (Fsp3) is 0.333. The van der Waals surface area contributed by atoms with Gasteiger partial charge in [0, 0.05) is 25.8 Å². The van der Waals surface area contributed by atoms with Crippen LogP contribution >= 0.6 is 0 Å². The van der Waals surface area contributed by atoms with Gasteiger partial charge in [0.1, 0.15) is 17.3 Å². The van der Waals surface area contributed by atoms with Gasteiger partial charge in [0.15, 0.2) is 0 Å². The number of rotatable bonds is 2. The second kappa shape index (κ2) is 6.87. The van der Waals surface area contributed by atoms with Gasteiger partial charge in [-0.15, -0.1) is 0 Å². The van der Waals surface area contributed by atoms with Gasteiger partial charge in [-0.3, -0.25) is 0 Å². The number of benzene rings is 1. The molecular weight excluding hydrogens is 228 g/mol. The Labute approximate surface area is 109 Å². The number of ether oxygens (including phenoxy) is 3. The molecule has 0 spiro atoms. The van der Waals surface area contributed by atoms with Gasteiger partial charge in [-0.05, 0) is 37.6 Å². The maximum Gasteiger partial charge on any atom is 0.138 e. The Hall–Kier alpha value is -1.74. The molecule has 1 aliphatic heterocycles. The normalized spacial score (nSPS) is 12.1. The standard InChI is InChI=1S/C13H14O2.C2H6O/c1-4-14-12-8-13-11(7-9(12)2)6-5-10(3)15-13;1-3-2/h5-8H,3-4H2,1-2H3;1-2H3. The van der Waals surface area contributed by atoms with Crippen LogP contribution in [0.25, 0.3) is 6.08 Å². The summed E-state index contributed by atoms with van der Waals surface area (Å²) in [7, 11) is 3.25. The van der Waals surface area contributed by atoms with Gasteiger partial charge in [-0.25, -0.2) is 0 Å². The third kappa shape index (κ3) is 3.64. The molecule has 1 aliphatic rings. The Morgan fingerprint density at radius 3 is 2.50 bits per heavy atom. The summed E-state index contributed by atoms with van der Waals surface area (Å²) in [5, 5.41) is 0. The van der Waals surface area contributed by atoms with Crippen LogP contribution < -0.4 is 9.47 Å². The van der Waals surface area contributed by atoms with Crippen LogP contribution in [-0.2, 0) is 4.74 Å². The number of aryl methyl sites for hydroxylation is 1. The summed E-state index contributed by atoms with van der Waals surface area (Å²) in [6.07, 6.45) is 3.87. The molecular formula is C15H20O3. The fourth-order valence-corrected chi connectivity index (χ4v) is 1.58. The highest BCUT2D eigenvalue weighted by molar-refractivity contribution is 5.65. The van der Waals surface area contributed by atoms with E-state index in [9.17, 15) is 0 Å². The van der Waals surface area contributed by atoms with E-state index >= 15 is 0 Å². The molecule has 0 saturated carbocycles. The highest BCUT2D eigenvalue weighted by Crippen LogP contribution is 2.33. The highest BCUT2D eigenvalue weighted by Gasteiger charge is 2.11. The summed E-state index contributed by atoms with van der Waals surface area (Å²) in [5.74, 6) is 2.35. The smallest absolute Gasteiger partial charge is 0.138 e. The molecule has 2 rings (SSSR count). The lowest BCUT2D eigenvalue weighted by Crippen LogP contribution is -2.00. The first-order valence-corrected chi connectivity index (χ1v) is 5.84. The van der Waals surface area contributed by atoms with Crippen LogP contribution in [0.15, 0.2) is 30.5 Å². The molecule has 1 aromatic carbocycles. The van der Waals surface area contributed by atoms with E-state index in [1.165, 1.54) is 0 Å². The van der Waals surface area contributed by atoms with E-state index in [0.717, 1.165) is 22.6 Å². The monoisotopic (exact) mass is 248 g/mol. The molecule has 1 aromatic rings. The topological polar surface area (TPSA) is 27.7 Å². The minimum absolute atomic E-state index is 0.661. The molecule has 0 saturated heterocycles. The zero-order valence-corrected chi connectivity index (χ0v) is 11.4. The predicted octanol–water partition coefficient (Wildman–Crippen LogP) is 3.58. The summed E-state index contributed by atoms with van der Waals surface area (Å²) >= 11 is 0. The van der Waals surface area contributed by atoms with Crippen molar-refractivity contribution in [2.45, 2.75) is 13.8 Å². The van der Waals surface area contributed by atoms with Crippen LogP contribution in [0.5, 0.6) is 11.5 Å². The number of allylic oxidation sites excluding steroid dienone is 1. The van der Waals surface area contributed by atoms with Crippen molar-refractivity contribution in [3.8, 4) is 11.5 Å². The summed E-state index contributed by atoms with van der Waals surface area (Å²) < 4.78 is 15.3. The highest BCUT2D eigenvalue weighted by atomic mass is 16.5. The van der Waals surface area contributed by atoms with E-state index in [2.05, 4.69) is 17.4 Å². The average Bonchev–Trinajstić information content (AvgIpc) is 2.32. The Morgan fingerprint density at radius 1 is 1.22 bits per heavy atom. The first-order chi connectivity index (χ1) is 8.62. The number of hydrogen-bond acceptors (Lipinski definition) is 3. The first-order valence-electron chi connectivity index (χ1n) is 5.84. The number of methoxy groups -OCH3 is 1. The van der Waals surface area contributed by atoms with Gasteiger partial charge < -0.3 is 14.2 Å². The Balaban J connectivity index is 0.000000492. The van der Waals surface area contributed by atoms with Crippen molar-refractivity contribution < 1.29 is 14.2 Å². The van der Waals surface area contributed by atoms with E-state index in [4.69, 9.17) is 9.47 Å². The molecule has 98 valence electrons. The molecule has 1 heterocycles. The van der Waals surface area contributed by atoms with Crippen molar-refractivity contribution >= 4 is 6.08 Å². The fourth-order valence-electron chi connectivity index (χ4n) is 1.58. The molecule has 3 heteroatoms. The summed E-state index contributed by atoms with van der Waals surface area (Å²) in [6.45, 7) is 8.43. The van der Waals surface area contributed by atoms with E-state index in [0.29, 0.717) is 12.4 Å². The zero-order valence-electron chi connectivity index (χ0n) is 11.4. The van der Waals surface area contributed by atoms with Gasteiger partial charge >= 0.3 is 0 Å². The van der Waals surface area contributed by atoms with Gasteiger partial charge in [0.05, 0.1) is 6.61 Å². The van der Waals surface area contributed by atoms with Gasteiger partial charge in [-0.1, -0.05) is 6.58 Å². The molecule has 0 radical (unpaired) electrons. The number of fused-ring (bicyclic) bond motifs is 1. The average molecular weight is 248 g/mol. The molecule has 18 heavy (non-hydrogen) atoms. The maximum atomic E-state index is 5.51. The summed E-state index contributed by atoms with van der Waals surface area (Å²) in [4.78, 5) is 0. The summed E-state index contributed by atoms with van der Waals surface area (Å²) in [6, 6.07) is 3.98. The second-order valence-corrected chi connectivity index (χ2v) is 3.90. The van der Waals surface area contributed by atoms with Crippen molar-refractivity contribution in [1.29, 1.82) is 0 Å². The lowest BCUT2D eigenvalue weighted by atomic mass is 10.1. The first kappa shape index (κ1) is 14.3. The van der Waals surface area contributed by atoms with E-state index in [-0.39, 0.29) is 0 Å². The Bertz CT molecular complexity index is 447. The molecule has 0 fully saturated rings. The van der Waals surface area contributed by atoms with E-state index < -0.39 is 0 Å². The minimum atomic E-state index is 0.661. The molecule has 0 amide bonds. The zero-order chi connectivity index (χ0) is 13.5. The third-order valence-corrected chi connectivity index (χ3v) is 2.30. The minimum Gasteiger partial charge on any atom is -0.493 e. The maximum absolute atomic E-state index is 5.51. The quantitative estimate of drug-likeness (QED) is 0.800. The Morgan fingerprint density at radius 2 is 1.89 bits per heavy atom. The van der Waals surface area contributed by atoms with Crippen LogP contribution in [-0.4, -0.2) is 20.8 Å². The van der Waals surface area contributed by atoms with Crippen LogP contribution in [0.1, 0.15) is 18.1 Å². The SMILES string of the molecule is C=C1C=Cc2cc(C)c(OCC)cc2O1.COC. The molecule has 0 aromatic heterocycles. The molecule has 0 unspecified atom stereocenters. The molecule has 3 nitrogen and oxygen atoms in total. The molecule has 0 aliphatic carbocycles. The summed E-state index contributed by atoms with van der Waals surface area (Å²) in [5.41, 5.74) is 2.19. The van der Waals surface area contributed by atoms with Crippen molar-refractivity contribution in [2.24, 2.45) is 0 Å². The van der Waals surface area contributed by atoms with Gasteiger partial charge in [0.2, 0.25) is 0 Å².